The Hall–Kier alpha value is -1.13. The summed E-state index contributed by atoms with van der Waals surface area (Å²) >= 11 is 0. The summed E-state index contributed by atoms with van der Waals surface area (Å²) in [5, 5.41) is 0. The zero-order valence-electron chi connectivity index (χ0n) is 13.8. The molecular formula is C18H30FN3+2. The van der Waals surface area contributed by atoms with Gasteiger partial charge in [-0.15, -0.1) is 0 Å². The molecule has 3 rings (SSSR count). The van der Waals surface area contributed by atoms with Gasteiger partial charge in [0, 0.05) is 18.5 Å². The van der Waals surface area contributed by atoms with Gasteiger partial charge in [0.1, 0.15) is 5.82 Å². The molecule has 22 heavy (non-hydrogen) atoms. The molecule has 4 heteroatoms. The second-order valence-corrected chi connectivity index (χ2v) is 6.90. The van der Waals surface area contributed by atoms with Crippen LogP contribution in [-0.2, 0) is 0 Å². The lowest BCUT2D eigenvalue weighted by Crippen LogP contribution is -3.22. The lowest BCUT2D eigenvalue weighted by molar-refractivity contribution is -0.958. The summed E-state index contributed by atoms with van der Waals surface area (Å²) in [5.74, 6) is -0.144. The van der Waals surface area contributed by atoms with E-state index in [-0.39, 0.29) is 5.82 Å². The predicted octanol–water partition coefficient (Wildman–Crippen LogP) is -0.0121. The van der Waals surface area contributed by atoms with E-state index in [0.29, 0.717) is 0 Å². The third-order valence-electron chi connectivity index (χ3n) is 5.47. The fraction of sp³-hybridized carbons (Fsp3) is 0.667. The van der Waals surface area contributed by atoms with Gasteiger partial charge >= 0.3 is 0 Å². The summed E-state index contributed by atoms with van der Waals surface area (Å²) in [6.07, 6.45) is 4.09. The minimum atomic E-state index is -0.144. The van der Waals surface area contributed by atoms with E-state index in [0.717, 1.165) is 19.1 Å². The van der Waals surface area contributed by atoms with Crippen LogP contribution < -0.4 is 14.7 Å². The van der Waals surface area contributed by atoms with Gasteiger partial charge in [0.05, 0.1) is 51.9 Å². The first-order valence-corrected chi connectivity index (χ1v) is 8.95. The second-order valence-electron chi connectivity index (χ2n) is 6.90. The van der Waals surface area contributed by atoms with Crippen LogP contribution in [0, 0.1) is 5.82 Å². The molecule has 3 nitrogen and oxygen atoms in total. The Morgan fingerprint density at radius 1 is 1.05 bits per heavy atom. The highest BCUT2D eigenvalue weighted by Crippen LogP contribution is 2.14. The number of quaternary nitrogens is 2. The fourth-order valence-corrected chi connectivity index (χ4v) is 4.15. The molecular weight excluding hydrogens is 277 g/mol. The van der Waals surface area contributed by atoms with Crippen LogP contribution in [0.2, 0.25) is 0 Å². The standard InChI is InChI=1S/C18H28FN3/c1-2-9-20-10-7-18(8-11-20)22-14-12-21(13-15-22)17-5-3-16(19)4-6-17/h3-6,18H,2,7-15H2,1H3/p+2. The van der Waals surface area contributed by atoms with Crippen LogP contribution in [0.15, 0.2) is 24.3 Å². The number of benzene rings is 1. The van der Waals surface area contributed by atoms with Crippen molar-refractivity contribution in [2.75, 3.05) is 50.7 Å². The highest BCUT2D eigenvalue weighted by molar-refractivity contribution is 5.46. The van der Waals surface area contributed by atoms with Crippen LogP contribution in [0.4, 0.5) is 10.1 Å². The minimum absolute atomic E-state index is 0.144. The lowest BCUT2D eigenvalue weighted by Gasteiger charge is -2.39. The quantitative estimate of drug-likeness (QED) is 0.797. The fourth-order valence-electron chi connectivity index (χ4n) is 4.15. The zero-order chi connectivity index (χ0) is 15.4. The van der Waals surface area contributed by atoms with Crippen molar-refractivity contribution >= 4 is 5.69 Å². The number of hydrogen-bond acceptors (Lipinski definition) is 1. The summed E-state index contributed by atoms with van der Waals surface area (Å²) in [4.78, 5) is 6.01. The number of halogens is 1. The minimum Gasteiger partial charge on any atom is -0.360 e. The normalized spacial score (nSPS) is 27.1. The maximum absolute atomic E-state index is 13.0. The van der Waals surface area contributed by atoms with Crippen LogP contribution in [0.3, 0.4) is 0 Å². The van der Waals surface area contributed by atoms with Crippen LogP contribution >= 0.6 is 0 Å². The molecule has 0 bridgehead atoms. The molecule has 2 heterocycles. The van der Waals surface area contributed by atoms with E-state index < -0.39 is 0 Å². The van der Waals surface area contributed by atoms with Gasteiger partial charge in [-0.1, -0.05) is 6.92 Å². The summed E-state index contributed by atoms with van der Waals surface area (Å²) in [6.45, 7) is 11.0. The molecule has 0 amide bonds. The predicted molar refractivity (Wildman–Crippen MR) is 88.2 cm³/mol. The first-order chi connectivity index (χ1) is 10.8. The van der Waals surface area contributed by atoms with Gasteiger partial charge < -0.3 is 14.7 Å². The molecule has 2 fully saturated rings. The van der Waals surface area contributed by atoms with Gasteiger partial charge in [-0.25, -0.2) is 4.39 Å². The Bertz CT molecular complexity index is 446. The van der Waals surface area contributed by atoms with Crippen LogP contribution in [-0.4, -0.2) is 51.9 Å². The number of nitrogens with zero attached hydrogens (tertiary/aromatic N) is 1. The van der Waals surface area contributed by atoms with Gasteiger partial charge in [-0.05, 0) is 30.7 Å². The lowest BCUT2D eigenvalue weighted by atomic mass is 10.0. The number of likely N-dealkylation sites (tertiary alicyclic amines) is 1. The Morgan fingerprint density at radius 2 is 1.68 bits per heavy atom. The number of piperidine rings is 1. The molecule has 2 saturated heterocycles. The summed E-state index contributed by atoms with van der Waals surface area (Å²) in [7, 11) is 0. The number of piperazine rings is 1. The SMILES string of the molecule is CCC[NH+]1CCC([NH+]2CCN(c3ccc(F)cc3)CC2)CC1. The van der Waals surface area contributed by atoms with E-state index in [9.17, 15) is 4.39 Å². The maximum Gasteiger partial charge on any atom is 0.123 e. The molecule has 0 radical (unpaired) electrons. The molecule has 0 aromatic heterocycles. The van der Waals surface area contributed by atoms with Crippen molar-refractivity contribution in [3.05, 3.63) is 30.1 Å². The third kappa shape index (κ3) is 3.79. The topological polar surface area (TPSA) is 12.1 Å². The first-order valence-electron chi connectivity index (χ1n) is 8.95. The third-order valence-corrected chi connectivity index (χ3v) is 5.47. The number of hydrogen-bond donors (Lipinski definition) is 2. The van der Waals surface area contributed by atoms with E-state index in [4.69, 9.17) is 0 Å². The first kappa shape index (κ1) is 15.8. The summed E-state index contributed by atoms with van der Waals surface area (Å²) < 4.78 is 13.0. The number of anilines is 1. The molecule has 122 valence electrons. The average molecular weight is 307 g/mol. The molecule has 0 saturated carbocycles. The molecule has 0 spiro atoms. The molecule has 1 aromatic rings. The van der Waals surface area contributed by atoms with Crippen LogP contribution in [0.5, 0.6) is 0 Å². The average Bonchev–Trinajstić information content (AvgIpc) is 2.57. The van der Waals surface area contributed by atoms with E-state index in [2.05, 4.69) is 11.8 Å². The van der Waals surface area contributed by atoms with Crippen molar-refractivity contribution in [2.24, 2.45) is 0 Å². The van der Waals surface area contributed by atoms with Crippen molar-refractivity contribution in [1.29, 1.82) is 0 Å². The molecule has 2 N–H and O–H groups in total. The van der Waals surface area contributed by atoms with Gasteiger partial charge in [0.2, 0.25) is 0 Å². The van der Waals surface area contributed by atoms with Crippen molar-refractivity contribution in [3.63, 3.8) is 0 Å². The van der Waals surface area contributed by atoms with Crippen molar-refractivity contribution in [3.8, 4) is 0 Å². The Kier molecular flexibility index (Phi) is 5.32. The van der Waals surface area contributed by atoms with E-state index in [1.165, 1.54) is 57.7 Å². The van der Waals surface area contributed by atoms with E-state index in [1.807, 2.05) is 17.0 Å². The Balaban J connectivity index is 1.47. The zero-order valence-corrected chi connectivity index (χ0v) is 13.8. The van der Waals surface area contributed by atoms with Gasteiger partial charge in [0.25, 0.3) is 0 Å². The van der Waals surface area contributed by atoms with Crippen LogP contribution in [0.1, 0.15) is 26.2 Å². The van der Waals surface area contributed by atoms with E-state index >= 15 is 0 Å². The van der Waals surface area contributed by atoms with Crippen LogP contribution in [0.25, 0.3) is 0 Å². The smallest absolute Gasteiger partial charge is 0.123 e. The second kappa shape index (κ2) is 7.42. The number of nitrogens with one attached hydrogen (secondary N) is 2. The van der Waals surface area contributed by atoms with Gasteiger partial charge in [-0.3, -0.25) is 0 Å². The van der Waals surface area contributed by atoms with Crippen molar-refractivity contribution in [2.45, 2.75) is 32.2 Å². The van der Waals surface area contributed by atoms with E-state index in [1.54, 1.807) is 17.0 Å². The molecule has 1 aromatic carbocycles. The highest BCUT2D eigenvalue weighted by atomic mass is 19.1. The molecule has 2 aliphatic rings. The molecule has 0 atom stereocenters. The van der Waals surface area contributed by atoms with Gasteiger partial charge in [0.15, 0.2) is 0 Å². The van der Waals surface area contributed by atoms with Crippen molar-refractivity contribution in [1.82, 2.24) is 0 Å². The largest absolute Gasteiger partial charge is 0.360 e. The Labute approximate surface area is 133 Å². The summed E-state index contributed by atoms with van der Waals surface area (Å²) in [5.41, 5.74) is 1.17. The molecule has 0 unspecified atom stereocenters. The molecule has 0 aliphatic carbocycles. The Morgan fingerprint density at radius 3 is 2.27 bits per heavy atom. The summed E-state index contributed by atoms with van der Waals surface area (Å²) in [6, 6.07) is 7.83. The van der Waals surface area contributed by atoms with Gasteiger partial charge in [-0.2, -0.15) is 0 Å². The highest BCUT2D eigenvalue weighted by Gasteiger charge is 2.31. The number of rotatable bonds is 4. The molecule has 2 aliphatic heterocycles. The maximum atomic E-state index is 13.0. The van der Waals surface area contributed by atoms with Crippen molar-refractivity contribution < 1.29 is 14.2 Å². The monoisotopic (exact) mass is 307 g/mol.